The lowest BCUT2D eigenvalue weighted by molar-refractivity contribution is 0.158. The van der Waals surface area contributed by atoms with Gasteiger partial charge in [-0.2, -0.15) is 5.10 Å². The van der Waals surface area contributed by atoms with Crippen molar-refractivity contribution in [3.8, 4) is 0 Å². The highest BCUT2D eigenvalue weighted by molar-refractivity contribution is 5.52. The Balaban J connectivity index is 2.14. The molecule has 1 atom stereocenters. The monoisotopic (exact) mass is 229 g/mol. The van der Waals surface area contributed by atoms with Crippen LogP contribution in [-0.2, 0) is 4.74 Å². The summed E-state index contributed by atoms with van der Waals surface area (Å²) < 4.78 is 7.66. The van der Waals surface area contributed by atoms with Gasteiger partial charge in [-0.1, -0.05) is 6.58 Å². The first-order chi connectivity index (χ1) is 8.15. The summed E-state index contributed by atoms with van der Waals surface area (Å²) in [4.78, 5) is 4.37. The lowest BCUT2D eigenvalue weighted by atomic mass is 10.2. The minimum absolute atomic E-state index is 0.0821. The number of ether oxygens (including phenoxy) is 1. The standard InChI is InChI=1S/C13H15N3O/c1-8-4-7-13(17-8)12-6-5-11-9(2)14-10(3)15-16(11)12/h5-6,13H,1,4,7H2,2-3H3/t13-/m1/s1. The molecule has 0 N–H and O–H groups in total. The van der Waals surface area contributed by atoms with E-state index < -0.39 is 0 Å². The van der Waals surface area contributed by atoms with Gasteiger partial charge in [0, 0.05) is 6.42 Å². The van der Waals surface area contributed by atoms with Gasteiger partial charge in [0.25, 0.3) is 0 Å². The quantitative estimate of drug-likeness (QED) is 0.754. The van der Waals surface area contributed by atoms with Gasteiger partial charge in [-0.15, -0.1) is 0 Å². The van der Waals surface area contributed by atoms with Crippen LogP contribution in [0.15, 0.2) is 24.5 Å². The van der Waals surface area contributed by atoms with E-state index in [-0.39, 0.29) is 6.10 Å². The first kappa shape index (κ1) is 10.3. The Morgan fingerprint density at radius 1 is 1.41 bits per heavy atom. The van der Waals surface area contributed by atoms with Crippen molar-refractivity contribution in [2.45, 2.75) is 32.8 Å². The largest absolute Gasteiger partial charge is 0.489 e. The molecule has 1 aliphatic heterocycles. The molecule has 2 aromatic heterocycles. The fourth-order valence-electron chi connectivity index (χ4n) is 2.36. The Kier molecular flexibility index (Phi) is 2.18. The summed E-state index contributed by atoms with van der Waals surface area (Å²) >= 11 is 0. The van der Waals surface area contributed by atoms with Gasteiger partial charge >= 0.3 is 0 Å². The summed E-state index contributed by atoms with van der Waals surface area (Å²) in [5.74, 6) is 1.65. The van der Waals surface area contributed by atoms with Crippen LogP contribution >= 0.6 is 0 Å². The highest BCUT2D eigenvalue weighted by Crippen LogP contribution is 2.34. The Morgan fingerprint density at radius 2 is 2.24 bits per heavy atom. The van der Waals surface area contributed by atoms with Gasteiger partial charge in [0.1, 0.15) is 11.9 Å². The van der Waals surface area contributed by atoms with Crippen LogP contribution in [-0.4, -0.2) is 14.6 Å². The smallest absolute Gasteiger partial charge is 0.146 e. The maximum atomic E-state index is 5.72. The fourth-order valence-corrected chi connectivity index (χ4v) is 2.36. The molecule has 2 aromatic rings. The molecule has 0 aromatic carbocycles. The number of rotatable bonds is 1. The normalized spacial score (nSPS) is 19.9. The van der Waals surface area contributed by atoms with Crippen molar-refractivity contribution in [2.24, 2.45) is 0 Å². The van der Waals surface area contributed by atoms with Crippen molar-refractivity contribution in [3.63, 3.8) is 0 Å². The van der Waals surface area contributed by atoms with E-state index in [1.807, 2.05) is 18.4 Å². The minimum Gasteiger partial charge on any atom is -0.489 e. The molecule has 88 valence electrons. The van der Waals surface area contributed by atoms with Crippen LogP contribution in [0.4, 0.5) is 0 Å². The second-order valence-electron chi connectivity index (χ2n) is 4.48. The highest BCUT2D eigenvalue weighted by atomic mass is 16.5. The van der Waals surface area contributed by atoms with E-state index in [0.29, 0.717) is 0 Å². The lowest BCUT2D eigenvalue weighted by Crippen LogP contribution is -2.06. The van der Waals surface area contributed by atoms with Gasteiger partial charge in [-0.25, -0.2) is 9.50 Å². The second kappa shape index (κ2) is 3.58. The van der Waals surface area contributed by atoms with Crippen molar-refractivity contribution in [2.75, 3.05) is 0 Å². The molecule has 4 heteroatoms. The predicted octanol–water partition coefficient (Wildman–Crippen LogP) is 2.71. The summed E-state index contributed by atoms with van der Waals surface area (Å²) in [6, 6.07) is 4.12. The summed E-state index contributed by atoms with van der Waals surface area (Å²) in [6.45, 7) is 7.77. The molecule has 1 aliphatic rings. The highest BCUT2D eigenvalue weighted by Gasteiger charge is 2.24. The molecule has 17 heavy (non-hydrogen) atoms. The number of aromatic nitrogens is 3. The lowest BCUT2D eigenvalue weighted by Gasteiger charge is -2.11. The third-order valence-corrected chi connectivity index (χ3v) is 3.15. The van der Waals surface area contributed by atoms with Gasteiger partial charge in [-0.05, 0) is 32.4 Å². The Hall–Kier alpha value is -1.84. The molecule has 0 amide bonds. The van der Waals surface area contributed by atoms with Crippen LogP contribution in [0, 0.1) is 13.8 Å². The van der Waals surface area contributed by atoms with E-state index in [0.717, 1.165) is 41.3 Å². The van der Waals surface area contributed by atoms with E-state index in [4.69, 9.17) is 4.74 Å². The number of hydrogen-bond donors (Lipinski definition) is 0. The van der Waals surface area contributed by atoms with Crippen LogP contribution in [0.5, 0.6) is 0 Å². The first-order valence-corrected chi connectivity index (χ1v) is 5.82. The van der Waals surface area contributed by atoms with Gasteiger partial charge in [0.05, 0.1) is 22.7 Å². The average Bonchev–Trinajstić information content (AvgIpc) is 2.83. The number of hydrogen-bond acceptors (Lipinski definition) is 3. The molecule has 1 fully saturated rings. The molecule has 0 radical (unpaired) electrons. The third kappa shape index (κ3) is 1.60. The number of fused-ring (bicyclic) bond motifs is 1. The molecular weight excluding hydrogens is 214 g/mol. The van der Waals surface area contributed by atoms with E-state index in [9.17, 15) is 0 Å². The van der Waals surface area contributed by atoms with Crippen LogP contribution in [0.25, 0.3) is 5.52 Å². The van der Waals surface area contributed by atoms with Gasteiger partial charge in [-0.3, -0.25) is 0 Å². The van der Waals surface area contributed by atoms with E-state index in [1.165, 1.54) is 0 Å². The first-order valence-electron chi connectivity index (χ1n) is 5.82. The van der Waals surface area contributed by atoms with Crippen LogP contribution in [0.1, 0.15) is 36.2 Å². The Morgan fingerprint density at radius 3 is 2.94 bits per heavy atom. The van der Waals surface area contributed by atoms with E-state index >= 15 is 0 Å². The predicted molar refractivity (Wildman–Crippen MR) is 64.7 cm³/mol. The van der Waals surface area contributed by atoms with E-state index in [1.54, 1.807) is 0 Å². The van der Waals surface area contributed by atoms with Crippen molar-refractivity contribution < 1.29 is 4.74 Å². The molecule has 0 unspecified atom stereocenters. The Labute approximate surface area is 99.9 Å². The van der Waals surface area contributed by atoms with Gasteiger partial charge in [0.15, 0.2) is 0 Å². The number of aryl methyl sites for hydroxylation is 2. The van der Waals surface area contributed by atoms with Crippen molar-refractivity contribution in [1.82, 2.24) is 14.6 Å². The zero-order chi connectivity index (χ0) is 12.0. The maximum absolute atomic E-state index is 5.72. The summed E-state index contributed by atoms with van der Waals surface area (Å²) in [7, 11) is 0. The topological polar surface area (TPSA) is 39.4 Å². The SMILES string of the molecule is C=C1CC[C@H](c2ccc3c(C)nc(C)nn23)O1. The molecule has 0 bridgehead atoms. The summed E-state index contributed by atoms with van der Waals surface area (Å²) in [5.41, 5.74) is 3.14. The van der Waals surface area contributed by atoms with E-state index in [2.05, 4.69) is 28.8 Å². The van der Waals surface area contributed by atoms with Crippen LogP contribution in [0.3, 0.4) is 0 Å². The molecule has 3 heterocycles. The second-order valence-corrected chi connectivity index (χ2v) is 4.48. The molecule has 4 nitrogen and oxygen atoms in total. The maximum Gasteiger partial charge on any atom is 0.146 e. The number of allylic oxidation sites excluding steroid dienone is 1. The van der Waals surface area contributed by atoms with Gasteiger partial charge in [0.2, 0.25) is 0 Å². The average molecular weight is 229 g/mol. The zero-order valence-corrected chi connectivity index (χ0v) is 10.1. The minimum atomic E-state index is 0.0821. The van der Waals surface area contributed by atoms with Crippen LogP contribution < -0.4 is 0 Å². The zero-order valence-electron chi connectivity index (χ0n) is 10.1. The fraction of sp³-hybridized carbons (Fsp3) is 0.385. The third-order valence-electron chi connectivity index (χ3n) is 3.15. The van der Waals surface area contributed by atoms with Crippen molar-refractivity contribution in [3.05, 3.63) is 41.7 Å². The van der Waals surface area contributed by atoms with Crippen molar-refractivity contribution >= 4 is 5.52 Å². The molecule has 0 spiro atoms. The number of nitrogens with zero attached hydrogens (tertiary/aromatic N) is 3. The summed E-state index contributed by atoms with van der Waals surface area (Å²) in [6.07, 6.45) is 1.99. The van der Waals surface area contributed by atoms with Crippen LogP contribution in [0.2, 0.25) is 0 Å². The summed E-state index contributed by atoms with van der Waals surface area (Å²) in [5, 5.41) is 4.46. The molecular formula is C13H15N3O. The molecule has 0 aliphatic carbocycles. The molecule has 0 saturated carbocycles. The Bertz CT molecular complexity index is 600. The molecule has 1 saturated heterocycles. The van der Waals surface area contributed by atoms with Gasteiger partial charge < -0.3 is 4.74 Å². The van der Waals surface area contributed by atoms with Crippen molar-refractivity contribution in [1.29, 1.82) is 0 Å². The molecule has 3 rings (SSSR count).